The molecule has 0 atom stereocenters. The molecule has 0 aliphatic rings. The lowest BCUT2D eigenvalue weighted by molar-refractivity contribution is -0.113. The van der Waals surface area contributed by atoms with Crippen molar-refractivity contribution >= 4 is 35.0 Å². The van der Waals surface area contributed by atoms with Crippen molar-refractivity contribution in [3.05, 3.63) is 89.4 Å². The first kappa shape index (κ1) is 21.9. The van der Waals surface area contributed by atoms with Crippen LogP contribution in [0.4, 0.5) is 5.69 Å². The molecule has 32 heavy (non-hydrogen) atoms. The van der Waals surface area contributed by atoms with Crippen molar-refractivity contribution in [2.75, 3.05) is 18.2 Å². The molecule has 6 nitrogen and oxygen atoms in total. The van der Waals surface area contributed by atoms with Gasteiger partial charge in [0.1, 0.15) is 5.75 Å². The minimum atomic E-state index is -0.189. The Hall–Kier alpha value is -3.29. The van der Waals surface area contributed by atoms with Gasteiger partial charge in [-0.05, 0) is 23.8 Å². The number of rotatable bonds is 8. The van der Waals surface area contributed by atoms with Crippen LogP contribution in [0.3, 0.4) is 0 Å². The zero-order chi connectivity index (χ0) is 22.3. The average molecular weight is 465 g/mol. The summed E-state index contributed by atoms with van der Waals surface area (Å²) >= 11 is 7.39. The maximum Gasteiger partial charge on any atom is 0.234 e. The van der Waals surface area contributed by atoms with Crippen LogP contribution in [0.15, 0.2) is 84.0 Å². The van der Waals surface area contributed by atoms with Crippen molar-refractivity contribution in [1.29, 1.82) is 0 Å². The van der Waals surface area contributed by atoms with Gasteiger partial charge in [-0.3, -0.25) is 9.36 Å². The summed E-state index contributed by atoms with van der Waals surface area (Å²) in [4.78, 5) is 12.6. The molecule has 1 N–H and O–H groups in total. The molecule has 0 saturated heterocycles. The van der Waals surface area contributed by atoms with Crippen LogP contribution >= 0.6 is 23.4 Å². The zero-order valence-electron chi connectivity index (χ0n) is 17.4. The maximum absolute atomic E-state index is 12.6. The number of halogens is 1. The van der Waals surface area contributed by atoms with Crippen LogP contribution in [0.2, 0.25) is 5.02 Å². The normalized spacial score (nSPS) is 10.7. The van der Waals surface area contributed by atoms with Gasteiger partial charge in [-0.15, -0.1) is 10.2 Å². The third kappa shape index (κ3) is 5.30. The summed E-state index contributed by atoms with van der Waals surface area (Å²) in [5.74, 6) is 1.28. The SMILES string of the molecule is COc1ccc(Cl)cc1NC(=O)CSc1nnc(-c2ccccc2)n1Cc1ccccc1. The summed E-state index contributed by atoms with van der Waals surface area (Å²) in [5, 5.41) is 12.8. The second-order valence-electron chi connectivity index (χ2n) is 6.93. The first-order valence-corrected chi connectivity index (χ1v) is 11.3. The molecular weight excluding hydrogens is 444 g/mol. The van der Waals surface area contributed by atoms with Crippen LogP contribution in [0.1, 0.15) is 5.56 Å². The van der Waals surface area contributed by atoms with E-state index < -0.39 is 0 Å². The fraction of sp³-hybridized carbons (Fsp3) is 0.125. The van der Waals surface area contributed by atoms with Gasteiger partial charge in [-0.1, -0.05) is 84.0 Å². The van der Waals surface area contributed by atoms with Crippen molar-refractivity contribution < 1.29 is 9.53 Å². The second kappa shape index (κ2) is 10.3. The minimum Gasteiger partial charge on any atom is -0.495 e. The van der Waals surface area contributed by atoms with E-state index in [-0.39, 0.29) is 11.7 Å². The molecule has 0 aliphatic heterocycles. The molecule has 4 aromatic rings. The summed E-state index contributed by atoms with van der Waals surface area (Å²) in [6.45, 7) is 0.601. The summed E-state index contributed by atoms with van der Waals surface area (Å²) in [6, 6.07) is 25.1. The van der Waals surface area contributed by atoms with Crippen molar-refractivity contribution in [3.8, 4) is 17.1 Å². The molecule has 8 heteroatoms. The molecule has 0 fully saturated rings. The fourth-order valence-corrected chi connectivity index (χ4v) is 4.11. The lowest BCUT2D eigenvalue weighted by Gasteiger charge is -2.12. The Morgan fingerprint density at radius 3 is 2.47 bits per heavy atom. The largest absolute Gasteiger partial charge is 0.495 e. The number of nitrogens with zero attached hydrogens (tertiary/aromatic N) is 3. The highest BCUT2D eigenvalue weighted by Gasteiger charge is 2.17. The molecular formula is C24H21ClN4O2S. The van der Waals surface area contributed by atoms with E-state index in [2.05, 4.69) is 27.6 Å². The highest BCUT2D eigenvalue weighted by Crippen LogP contribution is 2.29. The lowest BCUT2D eigenvalue weighted by Crippen LogP contribution is -2.15. The van der Waals surface area contributed by atoms with Gasteiger partial charge in [-0.25, -0.2) is 0 Å². The van der Waals surface area contributed by atoms with Crippen molar-refractivity contribution in [2.24, 2.45) is 0 Å². The van der Waals surface area contributed by atoms with E-state index in [1.165, 1.54) is 11.8 Å². The maximum atomic E-state index is 12.6. The smallest absolute Gasteiger partial charge is 0.234 e. The van der Waals surface area contributed by atoms with E-state index in [9.17, 15) is 4.79 Å². The van der Waals surface area contributed by atoms with Crippen LogP contribution in [0.25, 0.3) is 11.4 Å². The third-order valence-electron chi connectivity index (χ3n) is 4.70. The zero-order valence-corrected chi connectivity index (χ0v) is 18.9. The number of anilines is 1. The van der Waals surface area contributed by atoms with E-state index in [1.54, 1.807) is 25.3 Å². The highest BCUT2D eigenvalue weighted by atomic mass is 35.5. The van der Waals surface area contributed by atoms with Crippen molar-refractivity contribution in [3.63, 3.8) is 0 Å². The molecule has 1 aromatic heterocycles. The number of amides is 1. The Morgan fingerprint density at radius 2 is 1.75 bits per heavy atom. The summed E-state index contributed by atoms with van der Waals surface area (Å²) < 4.78 is 7.33. The molecule has 162 valence electrons. The van der Waals surface area contributed by atoms with Crippen LogP contribution in [0, 0.1) is 0 Å². The van der Waals surface area contributed by atoms with Crippen LogP contribution < -0.4 is 10.1 Å². The second-order valence-corrected chi connectivity index (χ2v) is 8.30. The summed E-state index contributed by atoms with van der Waals surface area (Å²) in [6.07, 6.45) is 0. The number of thioether (sulfide) groups is 1. The third-order valence-corrected chi connectivity index (χ3v) is 5.90. The molecule has 0 unspecified atom stereocenters. The first-order valence-electron chi connectivity index (χ1n) is 9.93. The van der Waals surface area contributed by atoms with Crippen molar-refractivity contribution in [1.82, 2.24) is 14.8 Å². The van der Waals surface area contributed by atoms with Gasteiger partial charge >= 0.3 is 0 Å². The van der Waals surface area contributed by atoms with Crippen LogP contribution in [-0.2, 0) is 11.3 Å². The van der Waals surface area contributed by atoms with Crippen molar-refractivity contribution in [2.45, 2.75) is 11.7 Å². The molecule has 3 aromatic carbocycles. The van der Waals surface area contributed by atoms with Gasteiger partial charge in [0.15, 0.2) is 11.0 Å². The first-order chi connectivity index (χ1) is 15.6. The summed E-state index contributed by atoms with van der Waals surface area (Å²) in [5.41, 5.74) is 2.62. The number of carbonyl (C=O) groups is 1. The Bertz CT molecular complexity index is 1200. The Morgan fingerprint density at radius 1 is 1.03 bits per heavy atom. The minimum absolute atomic E-state index is 0.164. The Kier molecular flexibility index (Phi) is 7.09. The molecule has 0 saturated carbocycles. The number of benzene rings is 3. The Balaban J connectivity index is 1.54. The number of carbonyl (C=O) groups excluding carboxylic acids is 1. The van der Waals surface area contributed by atoms with Crippen LogP contribution in [-0.4, -0.2) is 33.5 Å². The van der Waals surface area contributed by atoms with E-state index >= 15 is 0 Å². The Labute approximate surface area is 195 Å². The molecule has 1 amide bonds. The number of hydrogen-bond donors (Lipinski definition) is 1. The standard InChI is InChI=1S/C24H21ClN4O2S/c1-31-21-13-12-19(25)14-20(21)26-22(30)16-32-24-28-27-23(18-10-6-3-7-11-18)29(24)15-17-8-4-2-5-9-17/h2-14H,15-16H2,1H3,(H,26,30). The molecule has 0 spiro atoms. The number of methoxy groups -OCH3 is 1. The van der Waals surface area contributed by atoms with E-state index in [0.717, 1.165) is 17.0 Å². The lowest BCUT2D eigenvalue weighted by atomic mass is 10.2. The van der Waals surface area contributed by atoms with E-state index in [0.29, 0.717) is 28.2 Å². The molecule has 4 rings (SSSR count). The van der Waals surface area contributed by atoms with E-state index in [4.69, 9.17) is 16.3 Å². The van der Waals surface area contributed by atoms with E-state index in [1.807, 2.05) is 53.1 Å². The van der Waals surface area contributed by atoms with Gasteiger partial charge in [-0.2, -0.15) is 0 Å². The number of ether oxygens (including phenoxy) is 1. The quantitative estimate of drug-likeness (QED) is 0.354. The van der Waals surface area contributed by atoms with Gasteiger partial charge in [0.05, 0.1) is 25.1 Å². The number of nitrogens with one attached hydrogen (secondary N) is 1. The molecule has 0 aliphatic carbocycles. The predicted molar refractivity (Wildman–Crippen MR) is 128 cm³/mol. The van der Waals surface area contributed by atoms with Gasteiger partial charge in [0.25, 0.3) is 0 Å². The monoisotopic (exact) mass is 464 g/mol. The van der Waals surface area contributed by atoms with Crippen LogP contribution in [0.5, 0.6) is 5.75 Å². The average Bonchev–Trinajstić information content (AvgIpc) is 3.21. The predicted octanol–water partition coefficient (Wildman–Crippen LogP) is 5.39. The topological polar surface area (TPSA) is 69.0 Å². The number of aromatic nitrogens is 3. The molecule has 0 radical (unpaired) electrons. The van der Waals surface area contributed by atoms with Gasteiger partial charge in [0.2, 0.25) is 5.91 Å². The molecule has 1 heterocycles. The van der Waals surface area contributed by atoms with Gasteiger partial charge < -0.3 is 10.1 Å². The summed E-state index contributed by atoms with van der Waals surface area (Å²) in [7, 11) is 1.55. The molecule has 0 bridgehead atoms. The van der Waals surface area contributed by atoms with Gasteiger partial charge in [0, 0.05) is 10.6 Å². The number of hydrogen-bond acceptors (Lipinski definition) is 5. The highest BCUT2D eigenvalue weighted by molar-refractivity contribution is 7.99. The fourth-order valence-electron chi connectivity index (χ4n) is 3.20.